The summed E-state index contributed by atoms with van der Waals surface area (Å²) in [6.07, 6.45) is 1.56. The lowest BCUT2D eigenvalue weighted by Crippen LogP contribution is -2.49. The molecule has 1 saturated heterocycles. The van der Waals surface area contributed by atoms with E-state index in [1.165, 1.54) is 18.2 Å². The summed E-state index contributed by atoms with van der Waals surface area (Å²) in [6.45, 7) is 2.39. The molecule has 8 heteroatoms. The largest absolute Gasteiger partial charge is 0.353 e. The highest BCUT2D eigenvalue weighted by Crippen LogP contribution is 2.20. The maximum absolute atomic E-state index is 13.3. The second-order valence-corrected chi connectivity index (χ2v) is 7.54. The first-order chi connectivity index (χ1) is 15.0. The molecule has 1 aromatic heterocycles. The van der Waals surface area contributed by atoms with E-state index in [-0.39, 0.29) is 11.5 Å². The van der Waals surface area contributed by atoms with Crippen molar-refractivity contribution in [3.8, 4) is 0 Å². The Morgan fingerprint density at radius 1 is 0.968 bits per heavy atom. The molecule has 4 rings (SSSR count). The zero-order chi connectivity index (χ0) is 21.8. The second-order valence-electron chi connectivity index (χ2n) is 7.13. The number of hydrogen-bond acceptors (Lipinski definition) is 4. The highest BCUT2D eigenvalue weighted by atomic mass is 35.5. The molecule has 3 aromatic rings. The number of piperazine rings is 1. The topological polar surface area (TPSA) is 65.5 Å². The van der Waals surface area contributed by atoms with Gasteiger partial charge in [0.15, 0.2) is 0 Å². The Morgan fingerprint density at radius 2 is 1.74 bits per heavy atom. The lowest BCUT2D eigenvalue weighted by molar-refractivity contribution is 0.0746. The molecule has 2 amide bonds. The minimum atomic E-state index is -0.465. The van der Waals surface area contributed by atoms with Gasteiger partial charge in [0.25, 0.3) is 11.8 Å². The molecule has 1 aliphatic heterocycles. The van der Waals surface area contributed by atoms with Gasteiger partial charge in [0.1, 0.15) is 11.6 Å². The zero-order valence-corrected chi connectivity index (χ0v) is 17.3. The van der Waals surface area contributed by atoms with Crippen LogP contribution in [0.1, 0.15) is 20.7 Å². The van der Waals surface area contributed by atoms with Crippen LogP contribution in [0.25, 0.3) is 0 Å². The van der Waals surface area contributed by atoms with Gasteiger partial charge in [-0.2, -0.15) is 0 Å². The molecule has 158 valence electrons. The van der Waals surface area contributed by atoms with Crippen LogP contribution < -0.4 is 10.2 Å². The van der Waals surface area contributed by atoms with E-state index >= 15 is 0 Å². The number of nitrogens with zero attached hydrogens (tertiary/aromatic N) is 3. The van der Waals surface area contributed by atoms with Crippen LogP contribution in [0.2, 0.25) is 5.02 Å². The number of nitrogens with one attached hydrogen (secondary N) is 1. The van der Waals surface area contributed by atoms with Crippen LogP contribution in [0.15, 0.2) is 66.9 Å². The third-order valence-electron chi connectivity index (χ3n) is 5.09. The van der Waals surface area contributed by atoms with Crippen molar-refractivity contribution in [2.45, 2.75) is 0 Å². The number of aromatic nitrogens is 1. The quantitative estimate of drug-likeness (QED) is 0.666. The molecule has 1 aliphatic rings. The first-order valence-electron chi connectivity index (χ1n) is 9.83. The van der Waals surface area contributed by atoms with E-state index in [9.17, 15) is 14.0 Å². The third kappa shape index (κ3) is 4.83. The molecule has 0 radical (unpaired) electrons. The van der Waals surface area contributed by atoms with Crippen molar-refractivity contribution >= 4 is 34.9 Å². The average molecular weight is 439 g/mol. The molecule has 2 aromatic carbocycles. The van der Waals surface area contributed by atoms with Crippen LogP contribution in [0.3, 0.4) is 0 Å². The van der Waals surface area contributed by atoms with Crippen LogP contribution in [0.5, 0.6) is 0 Å². The summed E-state index contributed by atoms with van der Waals surface area (Å²) >= 11 is 6.14. The van der Waals surface area contributed by atoms with Crippen molar-refractivity contribution in [1.29, 1.82) is 0 Å². The lowest BCUT2D eigenvalue weighted by Gasteiger charge is -2.35. The van der Waals surface area contributed by atoms with Gasteiger partial charge in [0.2, 0.25) is 0 Å². The van der Waals surface area contributed by atoms with Crippen LogP contribution in [0, 0.1) is 5.82 Å². The number of carbonyl (C=O) groups is 2. The van der Waals surface area contributed by atoms with Crippen LogP contribution in [0.4, 0.5) is 15.9 Å². The number of hydrogen-bond donors (Lipinski definition) is 1. The van der Waals surface area contributed by atoms with Gasteiger partial charge < -0.3 is 15.1 Å². The predicted octanol–water partition coefficient (Wildman–Crippen LogP) is 4.09. The average Bonchev–Trinajstić information content (AvgIpc) is 2.79. The van der Waals surface area contributed by atoms with Gasteiger partial charge in [-0.15, -0.1) is 0 Å². The molecule has 6 nitrogen and oxygen atoms in total. The summed E-state index contributed by atoms with van der Waals surface area (Å²) in [4.78, 5) is 33.2. The summed E-state index contributed by atoms with van der Waals surface area (Å²) in [5.74, 6) is -0.184. The SMILES string of the molecule is O=C(Nc1ccc(N2CCN(C(=O)c3ccccc3Cl)CC2)nc1)c1cccc(F)c1. The van der Waals surface area contributed by atoms with E-state index < -0.39 is 11.7 Å². The number of halogens is 2. The summed E-state index contributed by atoms with van der Waals surface area (Å²) < 4.78 is 13.3. The Kier molecular flexibility index (Phi) is 6.13. The first kappa shape index (κ1) is 20.8. The van der Waals surface area contributed by atoms with E-state index in [0.717, 1.165) is 5.82 Å². The Morgan fingerprint density at radius 3 is 2.42 bits per heavy atom. The third-order valence-corrected chi connectivity index (χ3v) is 5.42. The number of carbonyl (C=O) groups excluding carboxylic acids is 2. The molecule has 0 saturated carbocycles. The molecule has 0 spiro atoms. The van der Waals surface area contributed by atoms with Crippen LogP contribution in [-0.4, -0.2) is 47.9 Å². The van der Waals surface area contributed by atoms with E-state index in [0.29, 0.717) is 42.5 Å². The van der Waals surface area contributed by atoms with E-state index in [2.05, 4.69) is 15.2 Å². The van der Waals surface area contributed by atoms with Gasteiger partial charge in [-0.25, -0.2) is 9.37 Å². The normalized spacial score (nSPS) is 13.7. The monoisotopic (exact) mass is 438 g/mol. The number of benzene rings is 2. The van der Waals surface area contributed by atoms with Crippen molar-refractivity contribution in [2.24, 2.45) is 0 Å². The number of amides is 2. The van der Waals surface area contributed by atoms with E-state index in [1.807, 2.05) is 6.07 Å². The van der Waals surface area contributed by atoms with Gasteiger partial charge >= 0.3 is 0 Å². The molecule has 1 fully saturated rings. The smallest absolute Gasteiger partial charge is 0.255 e. The fourth-order valence-electron chi connectivity index (χ4n) is 3.42. The fraction of sp³-hybridized carbons (Fsp3) is 0.174. The first-order valence-corrected chi connectivity index (χ1v) is 10.2. The fourth-order valence-corrected chi connectivity index (χ4v) is 3.64. The minimum absolute atomic E-state index is 0.0754. The molecule has 0 unspecified atom stereocenters. The van der Waals surface area contributed by atoms with Crippen molar-refractivity contribution < 1.29 is 14.0 Å². The maximum atomic E-state index is 13.3. The van der Waals surface area contributed by atoms with Crippen molar-refractivity contribution in [2.75, 3.05) is 36.4 Å². The van der Waals surface area contributed by atoms with E-state index in [1.54, 1.807) is 47.5 Å². The van der Waals surface area contributed by atoms with Gasteiger partial charge in [0, 0.05) is 31.7 Å². The molecule has 1 N–H and O–H groups in total. The summed E-state index contributed by atoms with van der Waals surface area (Å²) in [5, 5.41) is 3.16. The summed E-state index contributed by atoms with van der Waals surface area (Å²) in [6, 6.07) is 16.1. The van der Waals surface area contributed by atoms with Crippen molar-refractivity contribution in [1.82, 2.24) is 9.88 Å². The predicted molar refractivity (Wildman–Crippen MR) is 118 cm³/mol. The van der Waals surface area contributed by atoms with Crippen LogP contribution >= 0.6 is 11.6 Å². The van der Waals surface area contributed by atoms with E-state index in [4.69, 9.17) is 11.6 Å². The number of pyridine rings is 1. The number of anilines is 2. The standard InChI is InChI=1S/C23H20ClFN4O2/c24-20-7-2-1-6-19(20)23(31)29-12-10-28(11-13-29)21-9-8-18(15-26-21)27-22(30)16-4-3-5-17(25)14-16/h1-9,14-15H,10-13H2,(H,27,30). The number of rotatable bonds is 4. The highest BCUT2D eigenvalue weighted by molar-refractivity contribution is 6.33. The van der Waals surface area contributed by atoms with Gasteiger partial charge in [0.05, 0.1) is 22.5 Å². The highest BCUT2D eigenvalue weighted by Gasteiger charge is 2.24. The summed E-state index contributed by atoms with van der Waals surface area (Å²) in [5.41, 5.74) is 1.27. The zero-order valence-electron chi connectivity index (χ0n) is 16.6. The Labute approximate surface area is 184 Å². The van der Waals surface area contributed by atoms with Gasteiger partial charge in [-0.05, 0) is 42.5 Å². The molecule has 0 atom stereocenters. The molecule has 0 aliphatic carbocycles. The second kappa shape index (κ2) is 9.14. The van der Waals surface area contributed by atoms with Crippen LogP contribution in [-0.2, 0) is 0 Å². The van der Waals surface area contributed by atoms with Crippen molar-refractivity contribution in [3.63, 3.8) is 0 Å². The summed E-state index contributed by atoms with van der Waals surface area (Å²) in [7, 11) is 0. The molecular formula is C23H20ClFN4O2. The minimum Gasteiger partial charge on any atom is -0.353 e. The molecule has 31 heavy (non-hydrogen) atoms. The van der Waals surface area contributed by atoms with Gasteiger partial charge in [-0.3, -0.25) is 9.59 Å². The molecule has 2 heterocycles. The Hall–Kier alpha value is -3.45. The molecular weight excluding hydrogens is 419 g/mol. The Bertz CT molecular complexity index is 1100. The van der Waals surface area contributed by atoms with Gasteiger partial charge in [-0.1, -0.05) is 29.8 Å². The Balaban J connectivity index is 1.35. The lowest BCUT2D eigenvalue weighted by atomic mass is 10.2. The molecule has 0 bridgehead atoms. The maximum Gasteiger partial charge on any atom is 0.255 e. The van der Waals surface area contributed by atoms with Crippen molar-refractivity contribution in [3.05, 3.63) is 88.8 Å².